The van der Waals surface area contributed by atoms with Gasteiger partial charge in [-0.05, 0) is 37.3 Å². The van der Waals surface area contributed by atoms with Crippen LogP contribution in [0.5, 0.6) is 0 Å². The summed E-state index contributed by atoms with van der Waals surface area (Å²) >= 11 is 1.66. The van der Waals surface area contributed by atoms with Crippen LogP contribution < -0.4 is 10.6 Å². The predicted molar refractivity (Wildman–Crippen MR) is 87.7 cm³/mol. The normalized spacial score (nSPS) is 20.0. The average Bonchev–Trinajstić information content (AvgIpc) is 3.12. The number of hydrogen-bond acceptors (Lipinski definition) is 3. The molecule has 1 saturated heterocycles. The van der Waals surface area contributed by atoms with Gasteiger partial charge in [0, 0.05) is 24.5 Å². The number of hydrogen-bond donors (Lipinski definition) is 2. The van der Waals surface area contributed by atoms with E-state index in [1.807, 2.05) is 24.4 Å². The van der Waals surface area contributed by atoms with Gasteiger partial charge in [0.1, 0.15) is 0 Å². The lowest BCUT2D eigenvalue weighted by Gasteiger charge is -2.18. The van der Waals surface area contributed by atoms with Crippen LogP contribution in [-0.4, -0.2) is 49.8 Å². The summed E-state index contributed by atoms with van der Waals surface area (Å²) in [5, 5.41) is 8.43. The number of likely N-dealkylation sites (tertiary alicyclic amines) is 1. The highest BCUT2D eigenvalue weighted by molar-refractivity contribution is 7.09. The summed E-state index contributed by atoms with van der Waals surface area (Å²) in [5.74, 6) is 0.943. The summed E-state index contributed by atoms with van der Waals surface area (Å²) in [4.78, 5) is 7.16. The molecule has 4 nitrogen and oxygen atoms in total. The Labute approximate surface area is 138 Å². The van der Waals surface area contributed by atoms with Gasteiger partial charge in [-0.2, -0.15) is 13.2 Å². The lowest BCUT2D eigenvalue weighted by atomic mass is 10.1. The van der Waals surface area contributed by atoms with Crippen LogP contribution in [0.2, 0.25) is 0 Å². The molecule has 1 aliphatic rings. The summed E-state index contributed by atoms with van der Waals surface area (Å²) in [6.07, 6.45) is -3.33. The van der Waals surface area contributed by atoms with E-state index in [0.29, 0.717) is 26.2 Å². The van der Waals surface area contributed by atoms with Gasteiger partial charge in [0.05, 0.1) is 13.1 Å². The first-order valence-corrected chi connectivity index (χ1v) is 8.68. The number of rotatable bonds is 6. The van der Waals surface area contributed by atoms with Crippen molar-refractivity contribution in [1.82, 2.24) is 15.5 Å². The summed E-state index contributed by atoms with van der Waals surface area (Å²) in [6.45, 7) is 4.17. The number of thiophene rings is 1. The summed E-state index contributed by atoms with van der Waals surface area (Å²) in [5.41, 5.74) is 0. The monoisotopic (exact) mass is 348 g/mol. The van der Waals surface area contributed by atoms with E-state index in [1.165, 1.54) is 9.78 Å². The highest BCUT2D eigenvalue weighted by atomic mass is 32.1. The highest BCUT2D eigenvalue weighted by Gasteiger charge is 2.34. The van der Waals surface area contributed by atoms with Crippen LogP contribution >= 0.6 is 11.3 Å². The zero-order valence-electron chi connectivity index (χ0n) is 13.2. The van der Waals surface area contributed by atoms with Crippen LogP contribution in [0.1, 0.15) is 18.2 Å². The molecule has 1 aromatic heterocycles. The molecule has 0 saturated carbocycles. The van der Waals surface area contributed by atoms with Crippen molar-refractivity contribution < 1.29 is 13.2 Å². The van der Waals surface area contributed by atoms with Crippen molar-refractivity contribution in [2.45, 2.75) is 26.1 Å². The largest absolute Gasteiger partial charge is 0.401 e. The van der Waals surface area contributed by atoms with E-state index in [-0.39, 0.29) is 5.92 Å². The van der Waals surface area contributed by atoms with Gasteiger partial charge in [-0.25, -0.2) is 4.99 Å². The molecule has 8 heteroatoms. The van der Waals surface area contributed by atoms with Crippen LogP contribution in [0.25, 0.3) is 0 Å². The van der Waals surface area contributed by atoms with Crippen molar-refractivity contribution in [1.29, 1.82) is 0 Å². The summed E-state index contributed by atoms with van der Waals surface area (Å²) < 4.78 is 37.2. The van der Waals surface area contributed by atoms with Gasteiger partial charge in [0.25, 0.3) is 0 Å². The minimum absolute atomic E-state index is 0.225. The van der Waals surface area contributed by atoms with Crippen LogP contribution in [0.3, 0.4) is 0 Å². The molecule has 1 fully saturated rings. The minimum Gasteiger partial charge on any atom is -0.357 e. The van der Waals surface area contributed by atoms with E-state index in [1.54, 1.807) is 11.3 Å². The van der Waals surface area contributed by atoms with Crippen LogP contribution in [0.4, 0.5) is 13.2 Å². The van der Waals surface area contributed by atoms with E-state index in [0.717, 1.165) is 18.9 Å². The Morgan fingerprint density at radius 1 is 1.43 bits per heavy atom. The van der Waals surface area contributed by atoms with Gasteiger partial charge in [-0.1, -0.05) is 6.07 Å². The third-order valence-electron chi connectivity index (χ3n) is 3.65. The van der Waals surface area contributed by atoms with Crippen LogP contribution in [0, 0.1) is 5.92 Å². The molecule has 0 spiro atoms. The van der Waals surface area contributed by atoms with Gasteiger partial charge >= 0.3 is 6.18 Å². The Morgan fingerprint density at radius 3 is 2.91 bits per heavy atom. The smallest absolute Gasteiger partial charge is 0.357 e. The predicted octanol–water partition coefficient (Wildman–Crippen LogP) is 2.69. The number of halogens is 3. The van der Waals surface area contributed by atoms with Crippen molar-refractivity contribution in [3.05, 3.63) is 22.4 Å². The number of guanidine groups is 1. The number of alkyl halides is 3. The second-order valence-corrected chi connectivity index (χ2v) is 6.69. The van der Waals surface area contributed by atoms with Gasteiger partial charge in [0.15, 0.2) is 5.96 Å². The van der Waals surface area contributed by atoms with Gasteiger partial charge < -0.3 is 10.6 Å². The highest BCUT2D eigenvalue weighted by Crippen LogP contribution is 2.22. The lowest BCUT2D eigenvalue weighted by molar-refractivity contribution is -0.143. The van der Waals surface area contributed by atoms with Crippen LogP contribution in [-0.2, 0) is 6.54 Å². The molecule has 1 unspecified atom stereocenters. The molecule has 1 atom stereocenters. The van der Waals surface area contributed by atoms with Crippen LogP contribution in [0.15, 0.2) is 22.5 Å². The first-order valence-electron chi connectivity index (χ1n) is 7.80. The molecule has 0 aromatic carbocycles. The van der Waals surface area contributed by atoms with Gasteiger partial charge in [-0.15, -0.1) is 11.3 Å². The third kappa shape index (κ3) is 6.78. The van der Waals surface area contributed by atoms with E-state index < -0.39 is 12.7 Å². The maximum Gasteiger partial charge on any atom is 0.401 e. The van der Waals surface area contributed by atoms with Crippen molar-refractivity contribution >= 4 is 17.3 Å². The Kier molecular flexibility index (Phi) is 6.71. The van der Waals surface area contributed by atoms with Crippen molar-refractivity contribution in [3.8, 4) is 0 Å². The molecular weight excluding hydrogens is 325 g/mol. The topological polar surface area (TPSA) is 39.7 Å². The van der Waals surface area contributed by atoms with E-state index in [4.69, 9.17) is 0 Å². The van der Waals surface area contributed by atoms with E-state index in [9.17, 15) is 13.2 Å². The SMILES string of the molecule is CCNC(=NCc1cccs1)NCC1CCN(CC(F)(F)F)C1. The third-order valence-corrected chi connectivity index (χ3v) is 4.51. The molecular formula is C15H23F3N4S. The fourth-order valence-corrected chi connectivity index (χ4v) is 3.25. The fourth-order valence-electron chi connectivity index (χ4n) is 2.62. The molecule has 130 valence electrons. The second kappa shape index (κ2) is 8.54. The van der Waals surface area contributed by atoms with Crippen molar-refractivity contribution in [3.63, 3.8) is 0 Å². The fraction of sp³-hybridized carbons (Fsp3) is 0.667. The van der Waals surface area contributed by atoms with E-state index >= 15 is 0 Å². The molecule has 0 radical (unpaired) electrons. The Hall–Kier alpha value is -1.28. The first kappa shape index (κ1) is 18.1. The zero-order chi connectivity index (χ0) is 16.7. The quantitative estimate of drug-likeness (QED) is 0.613. The molecule has 2 rings (SSSR count). The van der Waals surface area contributed by atoms with Crippen molar-refractivity contribution in [2.24, 2.45) is 10.9 Å². The maximum atomic E-state index is 12.4. The molecule has 0 bridgehead atoms. The Morgan fingerprint density at radius 2 is 2.26 bits per heavy atom. The molecule has 1 aliphatic heterocycles. The lowest BCUT2D eigenvalue weighted by Crippen LogP contribution is -2.40. The number of nitrogens with one attached hydrogen (secondary N) is 2. The number of aliphatic imine (C=N–C) groups is 1. The number of nitrogens with zero attached hydrogens (tertiary/aromatic N) is 2. The van der Waals surface area contributed by atoms with Gasteiger partial charge in [0.2, 0.25) is 0 Å². The first-order chi connectivity index (χ1) is 11.0. The second-order valence-electron chi connectivity index (χ2n) is 5.66. The zero-order valence-corrected chi connectivity index (χ0v) is 14.0. The molecule has 1 aromatic rings. The summed E-state index contributed by atoms with van der Waals surface area (Å²) in [7, 11) is 0. The molecule has 0 amide bonds. The standard InChI is InChI=1S/C15H23F3N4S/c1-2-19-14(21-9-13-4-3-7-23-13)20-8-12-5-6-22(10-12)11-15(16,17)18/h3-4,7,12H,2,5-6,8-11H2,1H3,(H2,19,20,21). The Bertz CT molecular complexity index is 487. The average molecular weight is 348 g/mol. The molecule has 2 N–H and O–H groups in total. The molecule has 23 heavy (non-hydrogen) atoms. The molecule has 2 heterocycles. The minimum atomic E-state index is -4.11. The van der Waals surface area contributed by atoms with Crippen molar-refractivity contribution in [2.75, 3.05) is 32.7 Å². The molecule has 0 aliphatic carbocycles. The summed E-state index contributed by atoms with van der Waals surface area (Å²) in [6, 6.07) is 4.02. The Balaban J connectivity index is 1.77. The van der Waals surface area contributed by atoms with E-state index in [2.05, 4.69) is 15.6 Å². The maximum absolute atomic E-state index is 12.4. The van der Waals surface area contributed by atoms with Gasteiger partial charge in [-0.3, -0.25) is 4.90 Å².